The second kappa shape index (κ2) is 4.52. The Kier molecular flexibility index (Phi) is 3.20. The highest BCUT2D eigenvalue weighted by molar-refractivity contribution is 5.94. The van der Waals surface area contributed by atoms with Gasteiger partial charge in [-0.25, -0.2) is 9.97 Å². The van der Waals surface area contributed by atoms with Crippen LogP contribution in [0.25, 0.3) is 0 Å². The van der Waals surface area contributed by atoms with E-state index in [1.807, 2.05) is 0 Å². The van der Waals surface area contributed by atoms with Crippen LogP contribution in [0.3, 0.4) is 0 Å². The lowest BCUT2D eigenvalue weighted by Crippen LogP contribution is -2.27. The second-order valence-corrected chi connectivity index (χ2v) is 4.00. The first-order valence-electron chi connectivity index (χ1n) is 5.23. The van der Waals surface area contributed by atoms with Crippen molar-refractivity contribution in [3.8, 4) is 0 Å². The molecule has 1 saturated heterocycles. The standard InChI is InChI=1S/C10H10F3N3O2/c11-10(12,13)7-1-2-14-9(15-7)16-4-6(5-17)3-8(16)18/h1-2,6,17H,3-5H2. The van der Waals surface area contributed by atoms with Gasteiger partial charge >= 0.3 is 6.18 Å². The third kappa shape index (κ3) is 2.42. The average molecular weight is 261 g/mol. The van der Waals surface area contributed by atoms with Crippen LogP contribution in [-0.4, -0.2) is 34.1 Å². The Morgan fingerprint density at radius 3 is 2.78 bits per heavy atom. The van der Waals surface area contributed by atoms with E-state index >= 15 is 0 Å². The van der Waals surface area contributed by atoms with Crippen molar-refractivity contribution >= 4 is 11.9 Å². The van der Waals surface area contributed by atoms with E-state index in [9.17, 15) is 18.0 Å². The largest absolute Gasteiger partial charge is 0.433 e. The maximum atomic E-state index is 12.5. The Morgan fingerprint density at radius 1 is 1.50 bits per heavy atom. The maximum Gasteiger partial charge on any atom is 0.433 e. The average Bonchev–Trinajstić information content (AvgIpc) is 2.70. The van der Waals surface area contributed by atoms with Gasteiger partial charge < -0.3 is 5.11 Å². The van der Waals surface area contributed by atoms with Gasteiger partial charge in [0.25, 0.3) is 0 Å². The summed E-state index contributed by atoms with van der Waals surface area (Å²) in [5, 5.41) is 8.93. The zero-order valence-electron chi connectivity index (χ0n) is 9.18. The highest BCUT2D eigenvalue weighted by Gasteiger charge is 2.36. The summed E-state index contributed by atoms with van der Waals surface area (Å²) in [7, 11) is 0. The number of hydrogen-bond acceptors (Lipinski definition) is 4. The number of carbonyl (C=O) groups is 1. The molecule has 5 nitrogen and oxygen atoms in total. The number of aliphatic hydroxyl groups is 1. The second-order valence-electron chi connectivity index (χ2n) is 4.00. The van der Waals surface area contributed by atoms with Gasteiger partial charge in [0.05, 0.1) is 0 Å². The Hall–Kier alpha value is -1.70. The van der Waals surface area contributed by atoms with E-state index in [-0.39, 0.29) is 37.3 Å². The van der Waals surface area contributed by atoms with E-state index < -0.39 is 11.9 Å². The molecule has 1 aromatic heterocycles. The molecule has 1 N–H and O–H groups in total. The number of amides is 1. The van der Waals surface area contributed by atoms with Crippen molar-refractivity contribution in [2.45, 2.75) is 12.6 Å². The Bertz CT molecular complexity index is 464. The monoisotopic (exact) mass is 261 g/mol. The molecule has 1 amide bonds. The third-order valence-electron chi connectivity index (χ3n) is 2.64. The smallest absolute Gasteiger partial charge is 0.396 e. The minimum Gasteiger partial charge on any atom is -0.396 e. The summed E-state index contributed by atoms with van der Waals surface area (Å²) in [6.45, 7) is -0.0577. The van der Waals surface area contributed by atoms with Crippen LogP contribution in [0.2, 0.25) is 0 Å². The van der Waals surface area contributed by atoms with Gasteiger partial charge in [0, 0.05) is 31.7 Å². The molecular formula is C10H10F3N3O2. The van der Waals surface area contributed by atoms with Crippen LogP contribution in [0, 0.1) is 5.92 Å². The van der Waals surface area contributed by atoms with Crippen molar-refractivity contribution in [1.82, 2.24) is 9.97 Å². The van der Waals surface area contributed by atoms with E-state index in [0.717, 1.165) is 17.2 Å². The summed E-state index contributed by atoms with van der Waals surface area (Å²) in [6.07, 6.45) is -3.52. The molecule has 0 radical (unpaired) electrons. The first-order valence-corrected chi connectivity index (χ1v) is 5.23. The number of nitrogens with zero attached hydrogens (tertiary/aromatic N) is 3. The molecule has 18 heavy (non-hydrogen) atoms. The number of halogens is 3. The molecule has 0 aliphatic carbocycles. The molecule has 2 rings (SSSR count). The highest BCUT2D eigenvalue weighted by atomic mass is 19.4. The molecule has 1 atom stereocenters. The van der Waals surface area contributed by atoms with Gasteiger partial charge in [0.2, 0.25) is 11.9 Å². The summed E-state index contributed by atoms with van der Waals surface area (Å²) in [5.41, 5.74) is -1.09. The van der Waals surface area contributed by atoms with Gasteiger partial charge in [0.1, 0.15) is 5.69 Å². The molecule has 1 aromatic rings. The van der Waals surface area contributed by atoms with Crippen molar-refractivity contribution < 1.29 is 23.1 Å². The fourth-order valence-corrected chi connectivity index (χ4v) is 1.73. The number of rotatable bonds is 2. The first kappa shape index (κ1) is 12.7. The van der Waals surface area contributed by atoms with Crippen LogP contribution in [0.5, 0.6) is 0 Å². The molecule has 0 saturated carbocycles. The van der Waals surface area contributed by atoms with Crippen molar-refractivity contribution in [2.75, 3.05) is 18.1 Å². The lowest BCUT2D eigenvalue weighted by Gasteiger charge is -2.15. The Morgan fingerprint density at radius 2 is 2.22 bits per heavy atom. The number of aliphatic hydroxyl groups excluding tert-OH is 1. The molecule has 1 aliphatic heterocycles. The Labute approximate surface area is 100 Å². The van der Waals surface area contributed by atoms with Gasteiger partial charge in [-0.2, -0.15) is 13.2 Å². The molecule has 8 heteroatoms. The first-order chi connectivity index (χ1) is 8.41. The van der Waals surface area contributed by atoms with Crippen LogP contribution >= 0.6 is 0 Å². The van der Waals surface area contributed by atoms with Crippen molar-refractivity contribution in [3.05, 3.63) is 18.0 Å². The molecule has 1 fully saturated rings. The van der Waals surface area contributed by atoms with Crippen LogP contribution in [0.1, 0.15) is 12.1 Å². The molecular weight excluding hydrogens is 251 g/mol. The van der Waals surface area contributed by atoms with E-state index in [1.165, 1.54) is 0 Å². The lowest BCUT2D eigenvalue weighted by molar-refractivity contribution is -0.141. The highest BCUT2D eigenvalue weighted by Crippen LogP contribution is 2.29. The summed E-state index contributed by atoms with van der Waals surface area (Å²) < 4.78 is 37.4. The lowest BCUT2D eigenvalue weighted by atomic mass is 10.1. The normalized spacial score (nSPS) is 20.6. The maximum absolute atomic E-state index is 12.5. The molecule has 0 bridgehead atoms. The van der Waals surface area contributed by atoms with Gasteiger partial charge in [-0.05, 0) is 6.07 Å². The van der Waals surface area contributed by atoms with Crippen molar-refractivity contribution in [2.24, 2.45) is 5.92 Å². The van der Waals surface area contributed by atoms with E-state index in [0.29, 0.717) is 0 Å². The van der Waals surface area contributed by atoms with E-state index in [1.54, 1.807) is 0 Å². The molecule has 0 aromatic carbocycles. The van der Waals surface area contributed by atoms with Crippen molar-refractivity contribution in [1.29, 1.82) is 0 Å². The molecule has 1 aliphatic rings. The van der Waals surface area contributed by atoms with Gasteiger partial charge in [0.15, 0.2) is 0 Å². The minimum absolute atomic E-state index is 0.0934. The minimum atomic E-state index is -4.57. The molecule has 98 valence electrons. The van der Waals surface area contributed by atoms with E-state index in [2.05, 4.69) is 9.97 Å². The molecule has 1 unspecified atom stereocenters. The number of aromatic nitrogens is 2. The fourth-order valence-electron chi connectivity index (χ4n) is 1.73. The Balaban J connectivity index is 2.27. The van der Waals surface area contributed by atoms with Gasteiger partial charge in [-0.3, -0.25) is 9.69 Å². The molecule has 0 spiro atoms. The summed E-state index contributed by atoms with van der Waals surface area (Å²) in [5.74, 6) is -0.935. The number of alkyl halides is 3. The van der Waals surface area contributed by atoms with Gasteiger partial charge in [-0.1, -0.05) is 0 Å². The zero-order valence-corrected chi connectivity index (χ0v) is 9.18. The van der Waals surface area contributed by atoms with Crippen LogP contribution in [-0.2, 0) is 11.0 Å². The quantitative estimate of drug-likeness (QED) is 0.856. The zero-order chi connectivity index (χ0) is 13.3. The third-order valence-corrected chi connectivity index (χ3v) is 2.64. The number of carbonyl (C=O) groups excluding carboxylic acids is 1. The van der Waals surface area contributed by atoms with Crippen LogP contribution < -0.4 is 4.90 Å². The van der Waals surface area contributed by atoms with Crippen LogP contribution in [0.4, 0.5) is 19.1 Å². The summed E-state index contributed by atoms with van der Waals surface area (Å²) in [6, 6.07) is 0.744. The molecule has 2 heterocycles. The number of anilines is 1. The summed E-state index contributed by atoms with van der Waals surface area (Å²) in [4.78, 5) is 19.6. The topological polar surface area (TPSA) is 66.3 Å². The number of hydrogen-bond donors (Lipinski definition) is 1. The van der Waals surface area contributed by atoms with Gasteiger partial charge in [-0.15, -0.1) is 0 Å². The van der Waals surface area contributed by atoms with Crippen molar-refractivity contribution in [3.63, 3.8) is 0 Å². The fraction of sp³-hybridized carbons (Fsp3) is 0.500. The SMILES string of the molecule is O=C1CC(CO)CN1c1nccc(C(F)(F)F)n1. The predicted octanol–water partition coefficient (Wildman–Crippen LogP) is 0.841. The summed E-state index contributed by atoms with van der Waals surface area (Å²) >= 11 is 0. The predicted molar refractivity (Wildman–Crippen MR) is 54.6 cm³/mol. The van der Waals surface area contributed by atoms with E-state index in [4.69, 9.17) is 5.11 Å². The van der Waals surface area contributed by atoms with Crippen LogP contribution in [0.15, 0.2) is 12.3 Å².